The minimum Gasteiger partial charge on any atom is -0.345 e. The molecule has 2 aromatic rings. The SMILES string of the molecule is Cc1csc(C(=O)NC23CCCC(C(=O)Cc4ccnc(C)n4)(CC2)C3)n1. The molecule has 2 fully saturated rings. The number of ketones is 1. The standard InChI is InChI=1S/C20H24N4O2S/c1-13-11-27-18(22-13)17(26)24-20-6-3-5-19(12-20,7-8-20)16(25)10-15-4-9-21-14(2)23-15/h4,9,11H,3,5-8,10,12H2,1-2H3,(H,24,26). The number of nitrogens with zero attached hydrogens (tertiary/aromatic N) is 3. The molecule has 2 heterocycles. The number of hydrogen-bond acceptors (Lipinski definition) is 6. The summed E-state index contributed by atoms with van der Waals surface area (Å²) < 4.78 is 0. The number of aromatic nitrogens is 3. The monoisotopic (exact) mass is 384 g/mol. The molecule has 4 rings (SSSR count). The van der Waals surface area contributed by atoms with Crippen LogP contribution in [0.5, 0.6) is 0 Å². The van der Waals surface area contributed by atoms with Crippen LogP contribution in [0.1, 0.15) is 65.5 Å². The molecule has 2 aliphatic carbocycles. The molecule has 2 unspecified atom stereocenters. The highest BCUT2D eigenvalue weighted by atomic mass is 32.1. The lowest BCUT2D eigenvalue weighted by Crippen LogP contribution is -2.50. The Morgan fingerprint density at radius 2 is 2.04 bits per heavy atom. The zero-order chi connectivity index (χ0) is 19.1. The molecule has 2 aliphatic rings. The van der Waals surface area contributed by atoms with E-state index in [-0.39, 0.29) is 22.6 Å². The second kappa shape index (κ2) is 6.78. The van der Waals surface area contributed by atoms with Crippen LogP contribution in [0, 0.1) is 19.3 Å². The van der Waals surface area contributed by atoms with E-state index in [2.05, 4.69) is 20.3 Å². The van der Waals surface area contributed by atoms with Crippen molar-refractivity contribution in [2.75, 3.05) is 0 Å². The van der Waals surface area contributed by atoms with Crippen LogP contribution in [-0.4, -0.2) is 32.2 Å². The van der Waals surface area contributed by atoms with Gasteiger partial charge in [-0.1, -0.05) is 6.42 Å². The Balaban J connectivity index is 1.49. The number of aryl methyl sites for hydroxylation is 2. The minimum absolute atomic E-state index is 0.107. The molecule has 0 aromatic carbocycles. The molecule has 27 heavy (non-hydrogen) atoms. The van der Waals surface area contributed by atoms with Crippen molar-refractivity contribution in [1.29, 1.82) is 0 Å². The van der Waals surface area contributed by atoms with Gasteiger partial charge >= 0.3 is 0 Å². The van der Waals surface area contributed by atoms with Crippen molar-refractivity contribution in [2.45, 2.75) is 64.3 Å². The molecule has 142 valence electrons. The quantitative estimate of drug-likeness (QED) is 0.856. The number of Topliss-reactive ketones (excluding diaryl/α,β-unsaturated/α-hetero) is 1. The van der Waals surface area contributed by atoms with E-state index in [1.54, 1.807) is 6.20 Å². The van der Waals surface area contributed by atoms with E-state index in [0.29, 0.717) is 17.3 Å². The lowest BCUT2D eigenvalue weighted by Gasteiger charge is -2.39. The van der Waals surface area contributed by atoms with Crippen LogP contribution in [0.15, 0.2) is 17.6 Å². The van der Waals surface area contributed by atoms with Gasteiger partial charge in [0.1, 0.15) is 11.6 Å². The van der Waals surface area contributed by atoms with Crippen molar-refractivity contribution >= 4 is 23.0 Å². The Bertz CT molecular complexity index is 896. The Hall–Kier alpha value is -2.15. The van der Waals surface area contributed by atoms with Gasteiger partial charge in [0, 0.05) is 34.6 Å². The fourth-order valence-corrected chi connectivity index (χ4v) is 5.44. The zero-order valence-electron chi connectivity index (χ0n) is 15.7. The van der Waals surface area contributed by atoms with Crippen LogP contribution in [0.25, 0.3) is 0 Å². The first-order valence-corrected chi connectivity index (χ1v) is 10.3. The summed E-state index contributed by atoms with van der Waals surface area (Å²) in [5.74, 6) is 0.833. The number of carbonyl (C=O) groups excluding carboxylic acids is 2. The third kappa shape index (κ3) is 3.52. The van der Waals surface area contributed by atoms with E-state index >= 15 is 0 Å². The molecule has 2 atom stereocenters. The summed E-state index contributed by atoms with van der Waals surface area (Å²) in [7, 11) is 0. The highest BCUT2D eigenvalue weighted by Gasteiger charge is 2.55. The van der Waals surface area contributed by atoms with Crippen LogP contribution in [0.3, 0.4) is 0 Å². The highest BCUT2D eigenvalue weighted by molar-refractivity contribution is 7.11. The fourth-order valence-electron chi connectivity index (χ4n) is 4.75. The van der Waals surface area contributed by atoms with Gasteiger partial charge in [0.25, 0.3) is 5.91 Å². The van der Waals surface area contributed by atoms with Crippen molar-refractivity contribution in [3.8, 4) is 0 Å². The van der Waals surface area contributed by atoms with Crippen LogP contribution >= 0.6 is 11.3 Å². The van der Waals surface area contributed by atoms with Crippen LogP contribution in [0.2, 0.25) is 0 Å². The second-order valence-electron chi connectivity index (χ2n) is 8.03. The molecule has 1 N–H and O–H groups in total. The summed E-state index contributed by atoms with van der Waals surface area (Å²) in [6.07, 6.45) is 7.29. The average Bonchev–Trinajstić information content (AvgIpc) is 3.17. The molecule has 2 bridgehead atoms. The summed E-state index contributed by atoms with van der Waals surface area (Å²) in [5, 5.41) is 5.63. The highest BCUT2D eigenvalue weighted by Crippen LogP contribution is 2.54. The average molecular weight is 385 g/mol. The number of rotatable bonds is 5. The Labute approximate surface area is 162 Å². The summed E-state index contributed by atoms with van der Waals surface area (Å²) in [6.45, 7) is 3.73. The molecule has 0 saturated heterocycles. The van der Waals surface area contributed by atoms with Crippen molar-refractivity contribution in [1.82, 2.24) is 20.3 Å². The Morgan fingerprint density at radius 3 is 2.78 bits per heavy atom. The molecule has 2 aromatic heterocycles. The Morgan fingerprint density at radius 1 is 1.19 bits per heavy atom. The first-order chi connectivity index (χ1) is 12.9. The Kier molecular flexibility index (Phi) is 4.58. The number of fused-ring (bicyclic) bond motifs is 2. The summed E-state index contributed by atoms with van der Waals surface area (Å²) in [4.78, 5) is 38.6. The summed E-state index contributed by atoms with van der Waals surface area (Å²) in [5.41, 5.74) is 1.05. The fraction of sp³-hybridized carbons (Fsp3) is 0.550. The molecule has 0 aliphatic heterocycles. The molecular weight excluding hydrogens is 360 g/mol. The number of nitrogens with one attached hydrogen (secondary N) is 1. The van der Waals surface area contributed by atoms with Gasteiger partial charge in [0.15, 0.2) is 5.01 Å². The molecule has 0 radical (unpaired) electrons. The van der Waals surface area contributed by atoms with E-state index in [1.165, 1.54) is 11.3 Å². The molecule has 0 spiro atoms. The first-order valence-electron chi connectivity index (χ1n) is 9.46. The van der Waals surface area contributed by atoms with Crippen LogP contribution < -0.4 is 5.32 Å². The third-order valence-corrected chi connectivity index (χ3v) is 6.99. The van der Waals surface area contributed by atoms with E-state index in [4.69, 9.17) is 0 Å². The van der Waals surface area contributed by atoms with Crippen molar-refractivity contribution in [3.63, 3.8) is 0 Å². The van der Waals surface area contributed by atoms with E-state index in [9.17, 15) is 9.59 Å². The van der Waals surface area contributed by atoms with Crippen LogP contribution in [-0.2, 0) is 11.2 Å². The molecule has 7 heteroatoms. The number of hydrogen-bond donors (Lipinski definition) is 1. The predicted molar refractivity (Wildman–Crippen MR) is 103 cm³/mol. The first kappa shape index (κ1) is 18.2. The molecular formula is C20H24N4O2S. The van der Waals surface area contributed by atoms with Crippen molar-refractivity contribution in [2.24, 2.45) is 5.41 Å². The second-order valence-corrected chi connectivity index (χ2v) is 8.89. The number of thiazole rings is 1. The molecule has 6 nitrogen and oxygen atoms in total. The van der Waals surface area contributed by atoms with Gasteiger partial charge in [-0.05, 0) is 52.0 Å². The lowest BCUT2D eigenvalue weighted by atomic mass is 9.69. The van der Waals surface area contributed by atoms with E-state index in [1.807, 2.05) is 25.3 Å². The summed E-state index contributed by atoms with van der Waals surface area (Å²) >= 11 is 1.37. The van der Waals surface area contributed by atoms with Crippen LogP contribution in [0.4, 0.5) is 0 Å². The van der Waals surface area contributed by atoms with Gasteiger partial charge in [-0.15, -0.1) is 11.3 Å². The van der Waals surface area contributed by atoms with Gasteiger partial charge in [-0.25, -0.2) is 15.0 Å². The normalized spacial score (nSPS) is 26.7. The van der Waals surface area contributed by atoms with Crippen molar-refractivity contribution in [3.05, 3.63) is 39.9 Å². The van der Waals surface area contributed by atoms with Gasteiger partial charge in [0.2, 0.25) is 0 Å². The van der Waals surface area contributed by atoms with Crippen molar-refractivity contribution < 1.29 is 9.59 Å². The predicted octanol–water partition coefficient (Wildman–Crippen LogP) is 3.18. The zero-order valence-corrected chi connectivity index (χ0v) is 16.6. The minimum atomic E-state index is -0.330. The number of amides is 1. The lowest BCUT2D eigenvalue weighted by molar-refractivity contribution is -0.129. The smallest absolute Gasteiger partial charge is 0.280 e. The maximum atomic E-state index is 13.2. The third-order valence-electron chi connectivity index (χ3n) is 6.03. The van der Waals surface area contributed by atoms with Gasteiger partial charge in [-0.3, -0.25) is 9.59 Å². The topological polar surface area (TPSA) is 84.8 Å². The molecule has 2 saturated carbocycles. The summed E-state index contributed by atoms with van der Waals surface area (Å²) in [6, 6.07) is 1.82. The molecule has 1 amide bonds. The van der Waals surface area contributed by atoms with E-state index in [0.717, 1.165) is 49.9 Å². The van der Waals surface area contributed by atoms with Gasteiger partial charge in [0.05, 0.1) is 5.69 Å². The largest absolute Gasteiger partial charge is 0.345 e. The van der Waals surface area contributed by atoms with E-state index < -0.39 is 0 Å². The maximum absolute atomic E-state index is 13.2. The van der Waals surface area contributed by atoms with Gasteiger partial charge in [-0.2, -0.15) is 0 Å². The van der Waals surface area contributed by atoms with Gasteiger partial charge < -0.3 is 5.32 Å². The maximum Gasteiger partial charge on any atom is 0.280 e. The number of carbonyl (C=O) groups is 2.